The summed E-state index contributed by atoms with van der Waals surface area (Å²) in [5.74, 6) is 0. The highest BCUT2D eigenvalue weighted by Gasteiger charge is 2.04. The highest BCUT2D eigenvalue weighted by atomic mass is 32.1. The lowest BCUT2D eigenvalue weighted by Crippen LogP contribution is -2.38. The van der Waals surface area contributed by atoms with Gasteiger partial charge in [0.15, 0.2) is 5.11 Å². The molecule has 2 aromatic carbocycles. The smallest absolute Gasteiger partial charge is 0.171 e. The summed E-state index contributed by atoms with van der Waals surface area (Å²) in [6, 6.07) is 14.6. The Morgan fingerprint density at radius 2 is 1.95 bits per heavy atom. The minimum atomic E-state index is 0.186. The minimum Gasteiger partial charge on any atom is -0.383 e. The lowest BCUT2D eigenvalue weighted by atomic mass is 10.1. The number of hydrogen-bond acceptors (Lipinski definition) is 2. The van der Waals surface area contributed by atoms with Crippen LogP contribution in [0.3, 0.4) is 0 Å². The van der Waals surface area contributed by atoms with E-state index in [-0.39, 0.29) is 6.04 Å². The van der Waals surface area contributed by atoms with Gasteiger partial charge < -0.3 is 15.4 Å². The second-order valence-corrected chi connectivity index (χ2v) is 4.93. The van der Waals surface area contributed by atoms with Crippen LogP contribution >= 0.6 is 12.2 Å². The third-order valence-corrected chi connectivity index (χ3v) is 3.02. The van der Waals surface area contributed by atoms with Crippen LogP contribution in [-0.4, -0.2) is 24.9 Å². The van der Waals surface area contributed by atoms with Crippen molar-refractivity contribution < 1.29 is 4.74 Å². The Morgan fingerprint density at radius 1 is 1.21 bits per heavy atom. The van der Waals surface area contributed by atoms with E-state index in [1.807, 2.05) is 25.1 Å². The lowest BCUT2D eigenvalue weighted by Gasteiger charge is -2.16. The molecule has 0 saturated heterocycles. The van der Waals surface area contributed by atoms with Crippen molar-refractivity contribution in [2.24, 2.45) is 0 Å². The Morgan fingerprint density at radius 3 is 2.68 bits per heavy atom. The molecule has 0 aliphatic rings. The summed E-state index contributed by atoms with van der Waals surface area (Å²) < 4.78 is 5.06. The number of thiocarbonyl (C=S) groups is 1. The molecule has 0 heterocycles. The second-order valence-electron chi connectivity index (χ2n) is 4.52. The van der Waals surface area contributed by atoms with E-state index >= 15 is 0 Å². The number of nitrogens with one attached hydrogen (secondary N) is 2. The maximum atomic E-state index is 5.27. The van der Waals surface area contributed by atoms with Gasteiger partial charge >= 0.3 is 0 Å². The van der Waals surface area contributed by atoms with Crippen LogP contribution in [0.25, 0.3) is 10.8 Å². The average molecular weight is 274 g/mol. The van der Waals surface area contributed by atoms with Crippen molar-refractivity contribution in [1.82, 2.24) is 5.32 Å². The fourth-order valence-electron chi connectivity index (χ4n) is 1.95. The van der Waals surface area contributed by atoms with Crippen molar-refractivity contribution in [2.75, 3.05) is 19.0 Å². The molecule has 0 aliphatic carbocycles. The quantitative estimate of drug-likeness (QED) is 0.839. The van der Waals surface area contributed by atoms with E-state index in [2.05, 4.69) is 34.9 Å². The molecular formula is C15H18N2OS. The van der Waals surface area contributed by atoms with Gasteiger partial charge in [-0.15, -0.1) is 0 Å². The predicted octanol–water partition coefficient (Wildman–Crippen LogP) is 3.16. The number of ether oxygens (including phenoxy) is 1. The summed E-state index contributed by atoms with van der Waals surface area (Å²) in [5.41, 5.74) is 0.987. The van der Waals surface area contributed by atoms with Crippen LogP contribution in [0.1, 0.15) is 6.92 Å². The van der Waals surface area contributed by atoms with Gasteiger partial charge in [0.2, 0.25) is 0 Å². The zero-order chi connectivity index (χ0) is 13.7. The summed E-state index contributed by atoms with van der Waals surface area (Å²) in [6.07, 6.45) is 0. The number of methoxy groups -OCH3 is 1. The third kappa shape index (κ3) is 3.91. The number of fused-ring (bicyclic) bond motifs is 1. The minimum absolute atomic E-state index is 0.186. The van der Waals surface area contributed by atoms with E-state index in [1.165, 1.54) is 10.8 Å². The van der Waals surface area contributed by atoms with E-state index in [0.29, 0.717) is 11.7 Å². The molecule has 0 radical (unpaired) electrons. The van der Waals surface area contributed by atoms with Gasteiger partial charge in [-0.25, -0.2) is 0 Å². The molecule has 100 valence electrons. The highest BCUT2D eigenvalue weighted by molar-refractivity contribution is 7.80. The van der Waals surface area contributed by atoms with Gasteiger partial charge in [-0.05, 0) is 42.0 Å². The Kier molecular flexibility index (Phi) is 4.71. The Bertz CT molecular complexity index is 571. The van der Waals surface area contributed by atoms with Crippen LogP contribution < -0.4 is 10.6 Å². The molecule has 0 aromatic heterocycles. The normalized spacial score (nSPS) is 12.1. The maximum absolute atomic E-state index is 5.27. The molecule has 0 fully saturated rings. The Balaban J connectivity index is 2.02. The molecule has 0 bridgehead atoms. The molecule has 1 unspecified atom stereocenters. The fourth-order valence-corrected chi connectivity index (χ4v) is 2.27. The zero-order valence-electron chi connectivity index (χ0n) is 11.1. The van der Waals surface area contributed by atoms with Crippen molar-refractivity contribution in [1.29, 1.82) is 0 Å². The van der Waals surface area contributed by atoms with Crippen molar-refractivity contribution in [3.8, 4) is 0 Å². The van der Waals surface area contributed by atoms with Crippen molar-refractivity contribution >= 4 is 33.8 Å². The highest BCUT2D eigenvalue weighted by Crippen LogP contribution is 2.18. The molecule has 0 amide bonds. The molecule has 2 N–H and O–H groups in total. The summed E-state index contributed by atoms with van der Waals surface area (Å²) in [7, 11) is 1.68. The zero-order valence-corrected chi connectivity index (χ0v) is 12.0. The molecule has 2 rings (SSSR count). The van der Waals surface area contributed by atoms with Crippen LogP contribution in [-0.2, 0) is 4.74 Å². The van der Waals surface area contributed by atoms with E-state index in [4.69, 9.17) is 17.0 Å². The Labute approximate surface area is 119 Å². The van der Waals surface area contributed by atoms with Gasteiger partial charge in [-0.1, -0.05) is 30.3 Å². The van der Waals surface area contributed by atoms with Gasteiger partial charge in [0.05, 0.1) is 6.61 Å². The standard InChI is InChI=1S/C15H18N2OS/c1-11(10-18-2)16-15(19)17-14-8-7-12-5-3-4-6-13(12)9-14/h3-9,11H,10H2,1-2H3,(H2,16,17,19). The number of hydrogen-bond donors (Lipinski definition) is 2. The average Bonchev–Trinajstić information content (AvgIpc) is 2.38. The van der Waals surface area contributed by atoms with Gasteiger partial charge in [-0.2, -0.15) is 0 Å². The number of rotatable bonds is 4. The van der Waals surface area contributed by atoms with Crippen LogP contribution in [0.2, 0.25) is 0 Å². The maximum Gasteiger partial charge on any atom is 0.171 e. The van der Waals surface area contributed by atoms with Crippen LogP contribution in [0.5, 0.6) is 0 Å². The summed E-state index contributed by atoms with van der Waals surface area (Å²) >= 11 is 5.27. The van der Waals surface area contributed by atoms with Crippen molar-refractivity contribution in [3.05, 3.63) is 42.5 Å². The number of benzene rings is 2. The molecule has 0 aliphatic heterocycles. The summed E-state index contributed by atoms with van der Waals surface area (Å²) in [6.45, 7) is 2.65. The molecule has 0 saturated carbocycles. The Hall–Kier alpha value is -1.65. The summed E-state index contributed by atoms with van der Waals surface area (Å²) in [4.78, 5) is 0. The van der Waals surface area contributed by atoms with Crippen LogP contribution in [0.15, 0.2) is 42.5 Å². The first-order valence-corrected chi connectivity index (χ1v) is 6.65. The van der Waals surface area contributed by atoms with E-state index in [9.17, 15) is 0 Å². The van der Waals surface area contributed by atoms with Gasteiger partial charge in [-0.3, -0.25) is 0 Å². The van der Waals surface area contributed by atoms with Crippen LogP contribution in [0.4, 0.5) is 5.69 Å². The van der Waals surface area contributed by atoms with E-state index < -0.39 is 0 Å². The molecule has 4 heteroatoms. The summed E-state index contributed by atoms with van der Waals surface area (Å²) in [5, 5.41) is 9.39. The first-order chi connectivity index (χ1) is 9.19. The largest absolute Gasteiger partial charge is 0.383 e. The lowest BCUT2D eigenvalue weighted by molar-refractivity contribution is 0.179. The van der Waals surface area contributed by atoms with Crippen molar-refractivity contribution in [3.63, 3.8) is 0 Å². The predicted molar refractivity (Wildman–Crippen MR) is 84.6 cm³/mol. The molecule has 19 heavy (non-hydrogen) atoms. The monoisotopic (exact) mass is 274 g/mol. The molecule has 2 aromatic rings. The van der Waals surface area contributed by atoms with Crippen molar-refractivity contribution in [2.45, 2.75) is 13.0 Å². The topological polar surface area (TPSA) is 33.3 Å². The molecule has 3 nitrogen and oxygen atoms in total. The molecule has 0 spiro atoms. The first-order valence-electron chi connectivity index (χ1n) is 6.24. The van der Waals surface area contributed by atoms with E-state index in [0.717, 1.165) is 5.69 Å². The molecule has 1 atom stereocenters. The molecular weight excluding hydrogens is 256 g/mol. The fraction of sp³-hybridized carbons (Fsp3) is 0.267. The van der Waals surface area contributed by atoms with Gasteiger partial charge in [0, 0.05) is 18.8 Å². The second kappa shape index (κ2) is 6.50. The van der Waals surface area contributed by atoms with Gasteiger partial charge in [0.1, 0.15) is 0 Å². The third-order valence-electron chi connectivity index (χ3n) is 2.80. The first kappa shape index (κ1) is 13.8. The van der Waals surface area contributed by atoms with Crippen LogP contribution in [0, 0.1) is 0 Å². The number of anilines is 1. The van der Waals surface area contributed by atoms with E-state index in [1.54, 1.807) is 7.11 Å². The SMILES string of the molecule is COCC(C)NC(=S)Nc1ccc2ccccc2c1. The van der Waals surface area contributed by atoms with Gasteiger partial charge in [0.25, 0.3) is 0 Å².